The second-order valence-electron chi connectivity index (χ2n) is 7.93. The minimum atomic E-state index is -0.959. The first-order valence-corrected chi connectivity index (χ1v) is 12.5. The van der Waals surface area contributed by atoms with Crippen LogP contribution in [0.1, 0.15) is 50.0 Å². The lowest BCUT2D eigenvalue weighted by Crippen LogP contribution is -2.29. The van der Waals surface area contributed by atoms with Crippen molar-refractivity contribution in [3.63, 3.8) is 0 Å². The van der Waals surface area contributed by atoms with Gasteiger partial charge in [-0.2, -0.15) is 0 Å². The summed E-state index contributed by atoms with van der Waals surface area (Å²) in [6.07, 6.45) is 0. The van der Waals surface area contributed by atoms with Gasteiger partial charge in [-0.05, 0) is 59.6 Å². The van der Waals surface area contributed by atoms with E-state index in [0.29, 0.717) is 21.1 Å². The van der Waals surface area contributed by atoms with Gasteiger partial charge in [0.05, 0.1) is 40.9 Å². The van der Waals surface area contributed by atoms with Crippen molar-refractivity contribution in [2.45, 2.75) is 19.9 Å². The van der Waals surface area contributed by atoms with Crippen LogP contribution in [0.4, 0.5) is 5.13 Å². The second-order valence-corrected chi connectivity index (χ2v) is 9.76. The van der Waals surface area contributed by atoms with Crippen LogP contribution in [0, 0.1) is 6.92 Å². The highest BCUT2D eigenvalue weighted by atomic mass is 79.9. The number of rotatable bonds is 5. The number of benzene rings is 2. The van der Waals surface area contributed by atoms with E-state index in [0.717, 1.165) is 11.3 Å². The number of amides is 1. The van der Waals surface area contributed by atoms with Crippen LogP contribution in [0.25, 0.3) is 11.0 Å². The van der Waals surface area contributed by atoms with Gasteiger partial charge in [-0.1, -0.05) is 23.5 Å². The lowest BCUT2D eigenvalue weighted by atomic mass is 9.98. The quantitative estimate of drug-likeness (QED) is 0.334. The Kier molecular flexibility index (Phi) is 6.05. The van der Waals surface area contributed by atoms with Gasteiger partial charge in [0.2, 0.25) is 5.76 Å². The van der Waals surface area contributed by atoms with E-state index in [2.05, 4.69) is 20.9 Å². The second kappa shape index (κ2) is 9.07. The average molecular weight is 571 g/mol. The maximum Gasteiger partial charge on any atom is 0.350 e. The van der Waals surface area contributed by atoms with E-state index < -0.39 is 17.9 Å². The van der Waals surface area contributed by atoms with Gasteiger partial charge in [0, 0.05) is 0 Å². The van der Waals surface area contributed by atoms with Crippen LogP contribution in [0.3, 0.4) is 0 Å². The normalized spacial score (nSPS) is 14.8. The van der Waals surface area contributed by atoms with Gasteiger partial charge in [0.15, 0.2) is 22.1 Å². The first-order chi connectivity index (χ1) is 17.3. The van der Waals surface area contributed by atoms with Gasteiger partial charge in [-0.15, -0.1) is 0 Å². The predicted molar refractivity (Wildman–Crippen MR) is 136 cm³/mol. The molecule has 1 N–H and O–H groups in total. The van der Waals surface area contributed by atoms with Gasteiger partial charge in [0.1, 0.15) is 10.5 Å². The fourth-order valence-electron chi connectivity index (χ4n) is 4.21. The fraction of sp³-hybridized carbons (Fsp3) is 0.200. The molecule has 5 rings (SSSR count). The average Bonchev–Trinajstić information content (AvgIpc) is 3.38. The molecule has 1 unspecified atom stereocenters. The van der Waals surface area contributed by atoms with Crippen LogP contribution in [0.2, 0.25) is 0 Å². The van der Waals surface area contributed by atoms with E-state index in [1.165, 1.54) is 12.0 Å². The summed E-state index contributed by atoms with van der Waals surface area (Å²) >= 11 is 4.31. The molecule has 0 spiro atoms. The molecule has 11 heteroatoms. The molecule has 184 valence electrons. The SMILES string of the molecule is CCOC(=O)c1sc(N2C(=O)c3oc4ccccc4c(=O)c3C2c2cc(Br)c(O)c(OC)c2)nc1C. The van der Waals surface area contributed by atoms with Crippen LogP contribution in [0.5, 0.6) is 11.5 Å². The van der Waals surface area contributed by atoms with Crippen molar-refractivity contribution in [1.82, 2.24) is 4.98 Å². The molecule has 1 aliphatic heterocycles. The number of methoxy groups -OCH3 is 1. The molecule has 0 fully saturated rings. The molecule has 0 aliphatic carbocycles. The molecule has 4 aromatic rings. The molecule has 9 nitrogen and oxygen atoms in total. The Balaban J connectivity index is 1.78. The Morgan fingerprint density at radius 1 is 1.28 bits per heavy atom. The van der Waals surface area contributed by atoms with Crippen molar-refractivity contribution >= 4 is 55.2 Å². The Morgan fingerprint density at radius 3 is 2.75 bits per heavy atom. The van der Waals surface area contributed by atoms with E-state index >= 15 is 0 Å². The van der Waals surface area contributed by atoms with E-state index in [1.807, 2.05) is 0 Å². The third kappa shape index (κ3) is 3.66. The lowest BCUT2D eigenvalue weighted by molar-refractivity contribution is 0.0531. The number of para-hydroxylation sites is 1. The topological polar surface area (TPSA) is 119 Å². The standard InChI is InChI=1S/C25H19BrN2O7S/c1-4-34-24(32)22-11(2)27-25(36-22)28-18(12-9-14(26)20(30)16(10-12)33-3)17-19(29)13-7-5-6-8-15(13)35-21(17)23(28)31/h5-10,18,30H,4H2,1-3H3. The largest absolute Gasteiger partial charge is 0.503 e. The first-order valence-electron chi connectivity index (χ1n) is 10.9. The van der Waals surface area contributed by atoms with Crippen LogP contribution in [0.15, 0.2) is 50.1 Å². The molecule has 0 bridgehead atoms. The maximum absolute atomic E-state index is 13.8. The molecule has 0 saturated carbocycles. The molecule has 3 heterocycles. The van der Waals surface area contributed by atoms with Crippen molar-refractivity contribution in [2.24, 2.45) is 0 Å². The van der Waals surface area contributed by atoms with E-state index in [9.17, 15) is 19.5 Å². The van der Waals surface area contributed by atoms with Gasteiger partial charge in [-0.25, -0.2) is 9.78 Å². The van der Waals surface area contributed by atoms with Crippen LogP contribution < -0.4 is 15.1 Å². The van der Waals surface area contributed by atoms with E-state index in [-0.39, 0.29) is 50.5 Å². The number of phenols is 1. The number of halogens is 1. The monoisotopic (exact) mass is 570 g/mol. The molecule has 1 atom stereocenters. The number of aryl methyl sites for hydroxylation is 1. The molecular weight excluding hydrogens is 552 g/mol. The van der Waals surface area contributed by atoms with Gasteiger partial charge in [0.25, 0.3) is 5.91 Å². The molecule has 1 amide bonds. The summed E-state index contributed by atoms with van der Waals surface area (Å²) in [4.78, 5) is 45.9. The highest BCUT2D eigenvalue weighted by molar-refractivity contribution is 9.10. The highest BCUT2D eigenvalue weighted by Crippen LogP contribution is 2.46. The van der Waals surface area contributed by atoms with Crippen molar-refractivity contribution in [3.8, 4) is 11.5 Å². The van der Waals surface area contributed by atoms with Crippen molar-refractivity contribution in [3.05, 3.63) is 78.6 Å². The lowest BCUT2D eigenvalue weighted by Gasteiger charge is -2.23. The molecule has 1 aliphatic rings. The molecule has 0 radical (unpaired) electrons. The number of ether oxygens (including phenoxy) is 2. The number of phenolic OH excluding ortho intramolecular Hbond substituents is 1. The van der Waals surface area contributed by atoms with E-state index in [4.69, 9.17) is 13.9 Å². The highest BCUT2D eigenvalue weighted by Gasteiger charge is 2.45. The first kappa shape index (κ1) is 24.0. The fourth-order valence-corrected chi connectivity index (χ4v) is 5.66. The molecule has 0 saturated heterocycles. The predicted octanol–water partition coefficient (Wildman–Crippen LogP) is 4.96. The Hall–Kier alpha value is -3.70. The van der Waals surface area contributed by atoms with Gasteiger partial charge in [-0.3, -0.25) is 14.5 Å². The summed E-state index contributed by atoms with van der Waals surface area (Å²) in [5.74, 6) is -1.22. The van der Waals surface area contributed by atoms with Crippen LogP contribution >= 0.6 is 27.3 Å². The maximum atomic E-state index is 13.8. The molecule has 2 aromatic heterocycles. The van der Waals surface area contributed by atoms with Crippen LogP contribution in [-0.4, -0.2) is 35.7 Å². The zero-order valence-corrected chi connectivity index (χ0v) is 21.7. The summed E-state index contributed by atoms with van der Waals surface area (Å²) in [6, 6.07) is 8.86. The summed E-state index contributed by atoms with van der Waals surface area (Å²) in [5, 5.41) is 10.9. The third-order valence-electron chi connectivity index (χ3n) is 5.82. The van der Waals surface area contributed by atoms with Crippen LogP contribution in [-0.2, 0) is 4.74 Å². The minimum absolute atomic E-state index is 0.114. The number of thiazole rings is 1. The smallest absolute Gasteiger partial charge is 0.350 e. The number of esters is 1. The Labute approximate surface area is 217 Å². The zero-order chi connectivity index (χ0) is 25.7. The number of carbonyl (C=O) groups is 2. The van der Waals surface area contributed by atoms with Gasteiger partial charge >= 0.3 is 5.97 Å². The number of carbonyl (C=O) groups excluding carboxylic acids is 2. The number of anilines is 1. The van der Waals surface area contributed by atoms with Crippen molar-refractivity contribution in [2.75, 3.05) is 18.6 Å². The molecule has 2 aromatic carbocycles. The third-order valence-corrected chi connectivity index (χ3v) is 7.56. The van der Waals surface area contributed by atoms with Crippen molar-refractivity contribution < 1.29 is 28.6 Å². The Morgan fingerprint density at radius 2 is 2.03 bits per heavy atom. The zero-order valence-electron chi connectivity index (χ0n) is 19.3. The number of aromatic nitrogens is 1. The van der Waals surface area contributed by atoms with Gasteiger partial charge < -0.3 is 19.0 Å². The Bertz CT molecular complexity index is 1610. The number of hydrogen-bond donors (Lipinski definition) is 1. The minimum Gasteiger partial charge on any atom is -0.503 e. The number of aromatic hydroxyl groups is 1. The van der Waals surface area contributed by atoms with E-state index in [1.54, 1.807) is 50.2 Å². The van der Waals surface area contributed by atoms with Crippen molar-refractivity contribution in [1.29, 1.82) is 0 Å². The summed E-state index contributed by atoms with van der Waals surface area (Å²) in [6.45, 7) is 3.53. The molecule has 36 heavy (non-hydrogen) atoms. The molecular formula is C25H19BrN2O7S. The number of hydrogen-bond acceptors (Lipinski definition) is 9. The summed E-state index contributed by atoms with van der Waals surface area (Å²) < 4.78 is 16.7. The number of fused-ring (bicyclic) bond motifs is 2. The number of nitrogens with zero attached hydrogens (tertiary/aromatic N) is 2. The summed E-state index contributed by atoms with van der Waals surface area (Å²) in [7, 11) is 1.40. The summed E-state index contributed by atoms with van der Waals surface area (Å²) in [5.41, 5.74) is 0.905.